The van der Waals surface area contributed by atoms with Crippen molar-refractivity contribution in [2.45, 2.75) is 12.6 Å². The molecule has 0 saturated carbocycles. The predicted molar refractivity (Wildman–Crippen MR) is 109 cm³/mol. The molecule has 0 bridgehead atoms. The molecule has 1 aromatic rings. The van der Waals surface area contributed by atoms with Crippen LogP contribution in [-0.4, -0.2) is 64.9 Å². The molecular weight excluding hydrogens is 460 g/mol. The van der Waals surface area contributed by atoms with E-state index >= 15 is 0 Å². The van der Waals surface area contributed by atoms with Crippen LogP contribution in [-0.2, 0) is 17.3 Å². The summed E-state index contributed by atoms with van der Waals surface area (Å²) in [6.07, 6.45) is -3.67. The predicted octanol–water partition coefficient (Wildman–Crippen LogP) is 2.61. The van der Waals surface area contributed by atoms with Crippen molar-refractivity contribution < 1.29 is 17.9 Å². The molecular formula is C17H28F3IN4O. The van der Waals surface area contributed by atoms with Gasteiger partial charge in [0.05, 0.1) is 12.2 Å². The fraction of sp³-hybridized carbons (Fsp3) is 0.588. The van der Waals surface area contributed by atoms with E-state index in [0.717, 1.165) is 37.3 Å². The lowest BCUT2D eigenvalue weighted by molar-refractivity contribution is -0.137. The van der Waals surface area contributed by atoms with Gasteiger partial charge in [0, 0.05) is 40.3 Å². The second-order valence-electron chi connectivity index (χ2n) is 5.67. The minimum atomic E-state index is -4.29. The van der Waals surface area contributed by atoms with Crippen LogP contribution in [0.15, 0.2) is 29.3 Å². The SMILES string of the molecule is CN=C(NCCc1ccc(C(F)(F)F)cc1)NCCN(C)CCOC.I. The molecule has 2 N–H and O–H groups in total. The zero-order valence-corrected chi connectivity index (χ0v) is 17.7. The van der Waals surface area contributed by atoms with Crippen LogP contribution < -0.4 is 10.6 Å². The van der Waals surface area contributed by atoms with Gasteiger partial charge >= 0.3 is 6.18 Å². The summed E-state index contributed by atoms with van der Waals surface area (Å²) < 4.78 is 42.6. The first kappa shape index (κ1) is 24.9. The average Bonchev–Trinajstić information content (AvgIpc) is 2.58. The quantitative estimate of drug-likeness (QED) is 0.319. The summed E-state index contributed by atoms with van der Waals surface area (Å²) in [6, 6.07) is 5.23. The van der Waals surface area contributed by atoms with Crippen molar-refractivity contribution in [2.24, 2.45) is 4.99 Å². The third kappa shape index (κ3) is 10.2. The largest absolute Gasteiger partial charge is 0.416 e. The van der Waals surface area contributed by atoms with Crippen LogP contribution in [0.4, 0.5) is 13.2 Å². The number of guanidine groups is 1. The standard InChI is InChI=1S/C17H27F3N4O.HI/c1-21-16(23-10-11-24(2)12-13-25-3)22-9-8-14-4-6-15(7-5-14)17(18,19)20;/h4-7H,8-13H2,1-3H3,(H2,21,22,23);1H. The van der Waals surface area contributed by atoms with Gasteiger partial charge < -0.3 is 20.3 Å². The molecule has 0 radical (unpaired) electrons. The Balaban J connectivity index is 0.00000625. The third-order valence-electron chi connectivity index (χ3n) is 3.67. The van der Waals surface area contributed by atoms with Crippen molar-refractivity contribution in [1.82, 2.24) is 15.5 Å². The monoisotopic (exact) mass is 488 g/mol. The molecule has 0 aliphatic carbocycles. The smallest absolute Gasteiger partial charge is 0.383 e. The van der Waals surface area contributed by atoms with Crippen molar-refractivity contribution >= 4 is 29.9 Å². The number of benzene rings is 1. The summed E-state index contributed by atoms with van der Waals surface area (Å²) in [4.78, 5) is 6.27. The number of likely N-dealkylation sites (N-methyl/N-ethyl adjacent to an activating group) is 1. The Morgan fingerprint density at radius 3 is 2.27 bits per heavy atom. The first-order chi connectivity index (χ1) is 11.9. The van der Waals surface area contributed by atoms with Gasteiger partial charge in [0.1, 0.15) is 0 Å². The van der Waals surface area contributed by atoms with Crippen LogP contribution in [0.1, 0.15) is 11.1 Å². The van der Waals surface area contributed by atoms with Gasteiger partial charge in [0.25, 0.3) is 0 Å². The topological polar surface area (TPSA) is 48.9 Å². The Bertz CT molecular complexity index is 524. The molecule has 0 aliphatic heterocycles. The van der Waals surface area contributed by atoms with E-state index in [9.17, 15) is 13.2 Å². The van der Waals surface area contributed by atoms with E-state index in [1.54, 1.807) is 14.2 Å². The number of methoxy groups -OCH3 is 1. The molecule has 0 fully saturated rings. The fourth-order valence-electron chi connectivity index (χ4n) is 2.13. The van der Waals surface area contributed by atoms with E-state index in [2.05, 4.69) is 20.5 Å². The lowest BCUT2D eigenvalue weighted by Gasteiger charge is -2.17. The third-order valence-corrected chi connectivity index (χ3v) is 3.67. The number of hydrogen-bond acceptors (Lipinski definition) is 3. The molecule has 0 aliphatic rings. The van der Waals surface area contributed by atoms with E-state index in [1.165, 1.54) is 12.1 Å². The number of rotatable bonds is 9. The maximum atomic E-state index is 12.5. The molecule has 150 valence electrons. The van der Waals surface area contributed by atoms with Crippen LogP contribution in [0.2, 0.25) is 0 Å². The summed E-state index contributed by atoms with van der Waals surface area (Å²) in [5.41, 5.74) is 0.217. The van der Waals surface area contributed by atoms with Gasteiger partial charge in [-0.25, -0.2) is 0 Å². The molecule has 0 spiro atoms. The second kappa shape index (κ2) is 13.2. The lowest BCUT2D eigenvalue weighted by Crippen LogP contribution is -2.42. The number of ether oxygens (including phenoxy) is 1. The maximum Gasteiger partial charge on any atom is 0.416 e. The molecule has 0 saturated heterocycles. The van der Waals surface area contributed by atoms with Gasteiger partial charge in [-0.3, -0.25) is 4.99 Å². The van der Waals surface area contributed by atoms with Gasteiger partial charge in [-0.1, -0.05) is 12.1 Å². The summed E-state index contributed by atoms with van der Waals surface area (Å²) >= 11 is 0. The summed E-state index contributed by atoms with van der Waals surface area (Å²) in [6.45, 7) is 3.72. The Morgan fingerprint density at radius 1 is 1.12 bits per heavy atom. The number of nitrogens with one attached hydrogen (secondary N) is 2. The van der Waals surface area contributed by atoms with E-state index < -0.39 is 11.7 Å². The highest BCUT2D eigenvalue weighted by atomic mass is 127. The number of alkyl halides is 3. The highest BCUT2D eigenvalue weighted by Gasteiger charge is 2.29. The van der Waals surface area contributed by atoms with Gasteiger partial charge in [0.15, 0.2) is 5.96 Å². The zero-order valence-electron chi connectivity index (χ0n) is 15.4. The van der Waals surface area contributed by atoms with Crippen LogP contribution in [0.3, 0.4) is 0 Å². The number of halogens is 4. The molecule has 9 heteroatoms. The van der Waals surface area contributed by atoms with Crippen LogP contribution in [0.25, 0.3) is 0 Å². The van der Waals surface area contributed by atoms with E-state index in [4.69, 9.17) is 4.74 Å². The van der Waals surface area contributed by atoms with Crippen molar-refractivity contribution in [3.63, 3.8) is 0 Å². The number of hydrogen-bond donors (Lipinski definition) is 2. The van der Waals surface area contributed by atoms with Crippen LogP contribution in [0, 0.1) is 0 Å². The molecule has 0 aromatic heterocycles. The molecule has 0 atom stereocenters. The molecule has 0 heterocycles. The molecule has 0 amide bonds. The highest BCUT2D eigenvalue weighted by molar-refractivity contribution is 14.0. The summed E-state index contributed by atoms with van der Waals surface area (Å²) in [5.74, 6) is 0.673. The van der Waals surface area contributed by atoms with E-state index in [1.807, 2.05) is 7.05 Å². The molecule has 26 heavy (non-hydrogen) atoms. The molecule has 0 unspecified atom stereocenters. The number of aliphatic imine (C=N–C) groups is 1. The highest BCUT2D eigenvalue weighted by Crippen LogP contribution is 2.29. The fourth-order valence-corrected chi connectivity index (χ4v) is 2.13. The Morgan fingerprint density at radius 2 is 1.73 bits per heavy atom. The van der Waals surface area contributed by atoms with Crippen LogP contribution in [0.5, 0.6) is 0 Å². The van der Waals surface area contributed by atoms with Crippen molar-refractivity contribution in [3.05, 3.63) is 35.4 Å². The first-order valence-electron chi connectivity index (χ1n) is 8.15. The zero-order chi connectivity index (χ0) is 18.7. The first-order valence-corrected chi connectivity index (χ1v) is 8.15. The van der Waals surface area contributed by atoms with Gasteiger partial charge in [-0.15, -0.1) is 24.0 Å². The van der Waals surface area contributed by atoms with Crippen molar-refractivity contribution in [2.75, 3.05) is 54.0 Å². The summed E-state index contributed by atoms with van der Waals surface area (Å²) in [5, 5.41) is 6.35. The molecule has 1 rings (SSSR count). The maximum absolute atomic E-state index is 12.5. The minimum Gasteiger partial charge on any atom is -0.383 e. The Hall–Kier alpha value is -1.07. The average molecular weight is 488 g/mol. The molecule has 5 nitrogen and oxygen atoms in total. The normalized spacial score (nSPS) is 12.0. The Kier molecular flexibility index (Phi) is 12.6. The van der Waals surface area contributed by atoms with E-state index in [-0.39, 0.29) is 24.0 Å². The van der Waals surface area contributed by atoms with E-state index in [0.29, 0.717) is 25.5 Å². The number of nitrogens with zero attached hydrogens (tertiary/aromatic N) is 2. The Labute approximate surface area is 170 Å². The van der Waals surface area contributed by atoms with Gasteiger partial charge in [-0.05, 0) is 31.2 Å². The minimum absolute atomic E-state index is 0. The second-order valence-corrected chi connectivity index (χ2v) is 5.67. The molecule has 1 aromatic carbocycles. The van der Waals surface area contributed by atoms with Gasteiger partial charge in [-0.2, -0.15) is 13.2 Å². The van der Waals surface area contributed by atoms with Gasteiger partial charge in [0.2, 0.25) is 0 Å². The lowest BCUT2D eigenvalue weighted by atomic mass is 10.1. The van der Waals surface area contributed by atoms with Crippen molar-refractivity contribution in [3.8, 4) is 0 Å². The summed E-state index contributed by atoms with van der Waals surface area (Å²) in [7, 11) is 5.37. The van der Waals surface area contributed by atoms with Crippen LogP contribution >= 0.6 is 24.0 Å². The van der Waals surface area contributed by atoms with Crippen molar-refractivity contribution in [1.29, 1.82) is 0 Å².